The molecule has 0 radical (unpaired) electrons. The molecule has 0 spiro atoms. The Hall–Kier alpha value is -2.40. The van der Waals surface area contributed by atoms with Crippen LogP contribution in [0.25, 0.3) is 0 Å². The summed E-state index contributed by atoms with van der Waals surface area (Å²) in [5, 5.41) is 6.81. The van der Waals surface area contributed by atoms with Crippen LogP contribution in [0.2, 0.25) is 0 Å². The highest BCUT2D eigenvalue weighted by Gasteiger charge is 2.01. The van der Waals surface area contributed by atoms with Gasteiger partial charge >= 0.3 is 0 Å². The molecule has 4 N–H and O–H groups in total. The van der Waals surface area contributed by atoms with E-state index in [-0.39, 0.29) is 0 Å². The van der Waals surface area contributed by atoms with Crippen LogP contribution in [0.4, 0.5) is 5.69 Å². The van der Waals surface area contributed by atoms with Gasteiger partial charge in [0.05, 0.1) is 0 Å². The van der Waals surface area contributed by atoms with Crippen molar-refractivity contribution in [3.63, 3.8) is 0 Å². The molecule has 0 aromatic heterocycles. The standard InChI is InChI=1S/C18H21N3OS/c1-2-13-3-5-14(6-4-13)11-12-20-18(23)21-16-9-7-15(8-10-16)17(19)22/h3-10H,2,11-12H2,1H3,(H2,19,22)(H2,20,21,23). The zero-order valence-electron chi connectivity index (χ0n) is 13.1. The van der Waals surface area contributed by atoms with Crippen LogP contribution in [-0.4, -0.2) is 17.6 Å². The molecule has 0 aliphatic heterocycles. The second kappa shape index (κ2) is 8.29. The minimum Gasteiger partial charge on any atom is -0.366 e. The molecule has 0 saturated carbocycles. The second-order valence-electron chi connectivity index (χ2n) is 5.24. The first-order chi connectivity index (χ1) is 11.1. The summed E-state index contributed by atoms with van der Waals surface area (Å²) in [5.74, 6) is -0.439. The Labute approximate surface area is 142 Å². The van der Waals surface area contributed by atoms with Crippen molar-refractivity contribution in [3.05, 3.63) is 65.2 Å². The van der Waals surface area contributed by atoms with Gasteiger partial charge in [0.25, 0.3) is 0 Å². The minimum atomic E-state index is -0.439. The van der Waals surface area contributed by atoms with Gasteiger partial charge in [-0.1, -0.05) is 31.2 Å². The summed E-state index contributed by atoms with van der Waals surface area (Å²) >= 11 is 5.26. The Morgan fingerprint density at radius 2 is 1.65 bits per heavy atom. The number of primary amides is 1. The van der Waals surface area contributed by atoms with Gasteiger partial charge in [-0.25, -0.2) is 0 Å². The van der Waals surface area contributed by atoms with Crippen LogP contribution in [0.5, 0.6) is 0 Å². The summed E-state index contributed by atoms with van der Waals surface area (Å²) in [4.78, 5) is 11.0. The molecule has 1 amide bonds. The molecule has 4 nitrogen and oxygen atoms in total. The van der Waals surface area contributed by atoms with Gasteiger partial charge in [0.1, 0.15) is 0 Å². The normalized spacial score (nSPS) is 10.1. The SMILES string of the molecule is CCc1ccc(CCNC(=S)Nc2ccc(C(N)=O)cc2)cc1. The summed E-state index contributed by atoms with van der Waals surface area (Å²) in [5.41, 5.74) is 9.13. The van der Waals surface area contributed by atoms with Crippen molar-refractivity contribution in [1.29, 1.82) is 0 Å². The highest BCUT2D eigenvalue weighted by atomic mass is 32.1. The molecule has 2 aromatic rings. The number of nitrogens with two attached hydrogens (primary N) is 1. The van der Waals surface area contributed by atoms with E-state index < -0.39 is 5.91 Å². The smallest absolute Gasteiger partial charge is 0.248 e. The fraction of sp³-hybridized carbons (Fsp3) is 0.222. The lowest BCUT2D eigenvalue weighted by atomic mass is 10.1. The highest BCUT2D eigenvalue weighted by molar-refractivity contribution is 7.80. The van der Waals surface area contributed by atoms with Crippen molar-refractivity contribution in [2.24, 2.45) is 5.73 Å². The van der Waals surface area contributed by atoms with Gasteiger partial charge in [-0.3, -0.25) is 4.79 Å². The molecule has 0 fully saturated rings. The van der Waals surface area contributed by atoms with E-state index in [0.717, 1.165) is 25.1 Å². The number of thiocarbonyl (C=S) groups is 1. The highest BCUT2D eigenvalue weighted by Crippen LogP contribution is 2.09. The lowest BCUT2D eigenvalue weighted by Gasteiger charge is -2.11. The molecular formula is C18H21N3OS. The summed E-state index contributed by atoms with van der Waals surface area (Å²) in [6.07, 6.45) is 1.97. The van der Waals surface area contributed by atoms with Gasteiger partial charge in [-0.05, 0) is 60.5 Å². The van der Waals surface area contributed by atoms with Crippen LogP contribution >= 0.6 is 12.2 Å². The number of aryl methyl sites for hydroxylation is 1. The van der Waals surface area contributed by atoms with Gasteiger partial charge in [0.2, 0.25) is 5.91 Å². The van der Waals surface area contributed by atoms with E-state index in [1.165, 1.54) is 11.1 Å². The lowest BCUT2D eigenvalue weighted by molar-refractivity contribution is 0.100. The summed E-state index contributed by atoms with van der Waals surface area (Å²) in [6, 6.07) is 15.5. The first-order valence-electron chi connectivity index (χ1n) is 7.61. The van der Waals surface area contributed by atoms with E-state index in [2.05, 4.69) is 41.8 Å². The Balaban J connectivity index is 1.77. The Kier molecular flexibility index (Phi) is 6.11. The zero-order valence-corrected chi connectivity index (χ0v) is 14.0. The van der Waals surface area contributed by atoms with E-state index in [4.69, 9.17) is 18.0 Å². The number of benzene rings is 2. The number of anilines is 1. The average Bonchev–Trinajstić information content (AvgIpc) is 2.56. The van der Waals surface area contributed by atoms with Crippen LogP contribution in [0.15, 0.2) is 48.5 Å². The van der Waals surface area contributed by atoms with Gasteiger partial charge in [-0.15, -0.1) is 0 Å². The topological polar surface area (TPSA) is 67.2 Å². The van der Waals surface area contributed by atoms with Crippen LogP contribution in [-0.2, 0) is 12.8 Å². The minimum absolute atomic E-state index is 0.439. The monoisotopic (exact) mass is 327 g/mol. The third kappa shape index (κ3) is 5.38. The largest absolute Gasteiger partial charge is 0.366 e. The molecule has 23 heavy (non-hydrogen) atoms. The molecule has 0 saturated heterocycles. The van der Waals surface area contributed by atoms with Crippen molar-refractivity contribution in [3.8, 4) is 0 Å². The second-order valence-corrected chi connectivity index (χ2v) is 5.65. The van der Waals surface area contributed by atoms with Crippen LogP contribution < -0.4 is 16.4 Å². The van der Waals surface area contributed by atoms with Crippen molar-refractivity contribution in [1.82, 2.24) is 5.32 Å². The number of carbonyl (C=O) groups excluding carboxylic acids is 1. The first kappa shape index (κ1) is 17.0. The fourth-order valence-electron chi connectivity index (χ4n) is 2.16. The molecule has 0 atom stereocenters. The van der Waals surface area contributed by atoms with E-state index in [9.17, 15) is 4.79 Å². The molecule has 0 bridgehead atoms. The zero-order chi connectivity index (χ0) is 16.7. The Morgan fingerprint density at radius 1 is 1.04 bits per heavy atom. The van der Waals surface area contributed by atoms with Crippen LogP contribution in [0, 0.1) is 0 Å². The molecule has 2 aromatic carbocycles. The third-order valence-electron chi connectivity index (χ3n) is 3.56. The van der Waals surface area contributed by atoms with Gasteiger partial charge in [0.15, 0.2) is 5.11 Å². The average molecular weight is 327 g/mol. The number of rotatable bonds is 6. The van der Waals surface area contributed by atoms with E-state index >= 15 is 0 Å². The summed E-state index contributed by atoms with van der Waals surface area (Å²) < 4.78 is 0. The van der Waals surface area contributed by atoms with E-state index in [1.807, 2.05) is 0 Å². The molecule has 5 heteroatoms. The Morgan fingerprint density at radius 3 is 2.22 bits per heavy atom. The van der Waals surface area contributed by atoms with Gasteiger partial charge in [0, 0.05) is 17.8 Å². The van der Waals surface area contributed by atoms with Crippen molar-refractivity contribution in [2.75, 3.05) is 11.9 Å². The molecular weight excluding hydrogens is 306 g/mol. The number of amides is 1. The molecule has 0 heterocycles. The van der Waals surface area contributed by atoms with E-state index in [0.29, 0.717) is 10.7 Å². The molecule has 0 unspecified atom stereocenters. The van der Waals surface area contributed by atoms with Crippen molar-refractivity contribution < 1.29 is 4.79 Å². The molecule has 0 aliphatic carbocycles. The first-order valence-corrected chi connectivity index (χ1v) is 8.02. The summed E-state index contributed by atoms with van der Waals surface area (Å²) in [7, 11) is 0. The van der Waals surface area contributed by atoms with Crippen molar-refractivity contribution in [2.45, 2.75) is 19.8 Å². The maximum Gasteiger partial charge on any atom is 0.248 e. The summed E-state index contributed by atoms with van der Waals surface area (Å²) in [6.45, 7) is 2.91. The molecule has 2 rings (SSSR count). The van der Waals surface area contributed by atoms with E-state index in [1.54, 1.807) is 24.3 Å². The molecule has 120 valence electrons. The number of nitrogens with one attached hydrogen (secondary N) is 2. The van der Waals surface area contributed by atoms with Crippen LogP contribution in [0.3, 0.4) is 0 Å². The Bertz CT molecular complexity index is 666. The number of hydrogen-bond donors (Lipinski definition) is 3. The fourth-order valence-corrected chi connectivity index (χ4v) is 2.38. The number of hydrogen-bond acceptors (Lipinski definition) is 2. The van der Waals surface area contributed by atoms with Crippen molar-refractivity contribution >= 4 is 28.9 Å². The quantitative estimate of drug-likeness (QED) is 0.714. The van der Waals surface area contributed by atoms with Gasteiger partial charge < -0.3 is 16.4 Å². The lowest BCUT2D eigenvalue weighted by Crippen LogP contribution is -2.30. The van der Waals surface area contributed by atoms with Crippen LogP contribution in [0.1, 0.15) is 28.4 Å². The predicted octanol–water partition coefficient (Wildman–Crippen LogP) is 2.88. The third-order valence-corrected chi connectivity index (χ3v) is 3.80. The number of carbonyl (C=O) groups is 1. The maximum atomic E-state index is 11.0. The maximum absolute atomic E-state index is 11.0. The molecule has 0 aliphatic rings. The van der Waals surface area contributed by atoms with Gasteiger partial charge in [-0.2, -0.15) is 0 Å². The predicted molar refractivity (Wildman–Crippen MR) is 98.7 cm³/mol.